The first kappa shape index (κ1) is 30.0. The summed E-state index contributed by atoms with van der Waals surface area (Å²) >= 11 is 1.59. The summed E-state index contributed by atoms with van der Waals surface area (Å²) in [6, 6.07) is 19.8. The van der Waals surface area contributed by atoms with Gasteiger partial charge in [-0.2, -0.15) is 0 Å². The van der Waals surface area contributed by atoms with Crippen LogP contribution in [0.4, 0.5) is 0 Å². The molecule has 2 aromatic rings. The Morgan fingerprint density at radius 1 is 0.756 bits per heavy atom. The molecule has 1 saturated carbocycles. The minimum Gasteiger partial charge on any atom is -0.455 e. The highest BCUT2D eigenvalue weighted by Crippen LogP contribution is 2.47. The molecule has 7 atom stereocenters. The Labute approximate surface area is 246 Å². The number of carbonyl (C=O) groups excluding carboxylic acids is 2. The molecule has 2 heterocycles. The Balaban J connectivity index is 1.44. The van der Waals surface area contributed by atoms with E-state index in [2.05, 4.69) is 0 Å². The van der Waals surface area contributed by atoms with Crippen LogP contribution in [-0.4, -0.2) is 60.1 Å². The van der Waals surface area contributed by atoms with Crippen molar-refractivity contribution in [1.29, 1.82) is 0 Å². The van der Waals surface area contributed by atoms with Crippen LogP contribution in [0.3, 0.4) is 0 Å². The van der Waals surface area contributed by atoms with E-state index >= 15 is 0 Å². The first-order valence-electron chi connectivity index (χ1n) is 14.1. The van der Waals surface area contributed by atoms with Crippen LogP contribution in [0.5, 0.6) is 0 Å². The van der Waals surface area contributed by atoms with E-state index in [1.807, 2.05) is 60.7 Å². The molecular weight excluding hydrogens is 544 g/mol. The Kier molecular flexibility index (Phi) is 8.31. The van der Waals surface area contributed by atoms with Crippen LogP contribution in [0.1, 0.15) is 65.7 Å². The molecule has 8 nitrogen and oxygen atoms in total. The molecule has 0 spiro atoms. The second-order valence-corrected chi connectivity index (χ2v) is 14.0. The average molecular weight is 585 g/mol. The molecule has 2 aliphatic heterocycles. The third kappa shape index (κ3) is 6.81. The zero-order valence-electron chi connectivity index (χ0n) is 24.7. The smallest absolute Gasteiger partial charge is 0.311 e. The van der Waals surface area contributed by atoms with E-state index in [9.17, 15) is 9.59 Å². The van der Waals surface area contributed by atoms with E-state index in [4.69, 9.17) is 28.4 Å². The summed E-state index contributed by atoms with van der Waals surface area (Å²) in [7, 11) is 0. The Bertz CT molecular complexity index is 1230. The molecule has 222 valence electrons. The lowest BCUT2D eigenvalue weighted by Gasteiger charge is -2.42. The molecule has 5 rings (SSSR count). The summed E-state index contributed by atoms with van der Waals surface area (Å²) in [5.74, 6) is -2.78. The fourth-order valence-corrected chi connectivity index (χ4v) is 6.66. The van der Waals surface area contributed by atoms with E-state index in [1.165, 1.54) is 0 Å². The van der Waals surface area contributed by atoms with Crippen LogP contribution in [0.15, 0.2) is 65.6 Å². The third-order valence-corrected chi connectivity index (χ3v) is 8.56. The molecule has 2 aromatic carbocycles. The van der Waals surface area contributed by atoms with Crippen molar-refractivity contribution >= 4 is 23.7 Å². The van der Waals surface area contributed by atoms with Crippen molar-refractivity contribution < 1.29 is 38.0 Å². The summed E-state index contributed by atoms with van der Waals surface area (Å²) < 4.78 is 37.4. The molecule has 9 heteroatoms. The van der Waals surface area contributed by atoms with Gasteiger partial charge in [-0.05, 0) is 66.2 Å². The first-order chi connectivity index (χ1) is 19.2. The normalized spacial score (nSPS) is 30.6. The highest BCUT2D eigenvalue weighted by molar-refractivity contribution is 7.99. The molecule has 41 heavy (non-hydrogen) atoms. The lowest BCUT2D eigenvalue weighted by molar-refractivity contribution is -0.214. The Morgan fingerprint density at radius 2 is 1.22 bits per heavy atom. The van der Waals surface area contributed by atoms with Crippen LogP contribution in [-0.2, 0) is 38.0 Å². The van der Waals surface area contributed by atoms with Crippen molar-refractivity contribution in [3.05, 3.63) is 66.2 Å². The number of hydrogen-bond donors (Lipinski definition) is 0. The summed E-state index contributed by atoms with van der Waals surface area (Å²) in [5, 5.41) is -0.198. The van der Waals surface area contributed by atoms with Gasteiger partial charge in [-0.25, -0.2) is 0 Å². The molecule has 0 unspecified atom stereocenters. The topological polar surface area (TPSA) is 89.5 Å². The highest BCUT2D eigenvalue weighted by Gasteiger charge is 2.66. The number of thioether (sulfide) groups is 1. The van der Waals surface area contributed by atoms with Gasteiger partial charge in [-0.15, -0.1) is 11.8 Å². The van der Waals surface area contributed by atoms with Crippen molar-refractivity contribution in [3.8, 4) is 0 Å². The molecule has 2 saturated heterocycles. The lowest BCUT2D eigenvalue weighted by atomic mass is 9.84. The van der Waals surface area contributed by atoms with Crippen LogP contribution in [0, 0.1) is 5.41 Å². The molecule has 0 N–H and O–H groups in total. The lowest BCUT2D eigenvalue weighted by Crippen LogP contribution is -2.64. The number of fused-ring (bicyclic) bond motifs is 3. The molecular formula is C32H40O8S. The second kappa shape index (κ2) is 11.3. The molecule has 0 radical (unpaired) electrons. The second-order valence-electron chi connectivity index (χ2n) is 12.7. The maximum Gasteiger partial charge on any atom is 0.311 e. The van der Waals surface area contributed by atoms with Gasteiger partial charge >= 0.3 is 11.9 Å². The summed E-state index contributed by atoms with van der Waals surface area (Å²) in [6.45, 7) is 12.5. The molecule has 0 aromatic heterocycles. The van der Waals surface area contributed by atoms with Gasteiger partial charge in [0.2, 0.25) is 0 Å². The Hall–Kier alpha value is -2.43. The fraction of sp³-hybridized carbons (Fsp3) is 0.562. The summed E-state index contributed by atoms with van der Waals surface area (Å²) in [4.78, 5) is 27.9. The van der Waals surface area contributed by atoms with Crippen LogP contribution < -0.4 is 0 Å². The van der Waals surface area contributed by atoms with Crippen LogP contribution in [0.2, 0.25) is 0 Å². The van der Waals surface area contributed by atoms with Gasteiger partial charge in [0.25, 0.3) is 0 Å². The van der Waals surface area contributed by atoms with E-state index in [-0.39, 0.29) is 11.7 Å². The predicted molar refractivity (Wildman–Crippen MR) is 153 cm³/mol. The number of ether oxygens (including phenoxy) is 6. The first-order valence-corrected chi connectivity index (χ1v) is 15.0. The van der Waals surface area contributed by atoms with Gasteiger partial charge in [0, 0.05) is 10.1 Å². The number of carbonyl (C=O) groups is 2. The Morgan fingerprint density at radius 3 is 1.73 bits per heavy atom. The maximum absolute atomic E-state index is 13.7. The monoisotopic (exact) mass is 584 g/mol. The standard InChI is InChI=1S/C32H40O8S/c1-30(2,3)29(34)36-24-23(25-27(39-31(4,5)37-25)28-26(24)38-32(6,7)40-28)35-22(33)18-21(19-14-10-8-11-15-19)41-20-16-12-9-13-17-20/h8-17,21,23-28H,18H2,1-7H3/t21-,23-,24-,25+,26+,27+,28+/m1/s1. The van der Waals surface area contributed by atoms with Gasteiger partial charge in [0.15, 0.2) is 23.8 Å². The van der Waals surface area contributed by atoms with Crippen molar-refractivity contribution in [2.45, 2.75) is 113 Å². The largest absolute Gasteiger partial charge is 0.455 e. The zero-order chi connectivity index (χ0) is 29.6. The minimum atomic E-state index is -0.961. The van der Waals surface area contributed by atoms with Gasteiger partial charge in [-0.1, -0.05) is 48.5 Å². The van der Waals surface area contributed by atoms with Crippen molar-refractivity contribution in [1.82, 2.24) is 0 Å². The predicted octanol–water partition coefficient (Wildman–Crippen LogP) is 5.83. The average Bonchev–Trinajstić information content (AvgIpc) is 3.40. The van der Waals surface area contributed by atoms with Crippen LogP contribution in [0.25, 0.3) is 0 Å². The number of hydrogen-bond acceptors (Lipinski definition) is 9. The third-order valence-electron chi connectivity index (χ3n) is 7.29. The van der Waals surface area contributed by atoms with E-state index in [0.717, 1.165) is 10.5 Å². The van der Waals surface area contributed by atoms with E-state index < -0.39 is 65.6 Å². The van der Waals surface area contributed by atoms with Crippen molar-refractivity contribution in [2.24, 2.45) is 5.41 Å². The van der Waals surface area contributed by atoms with Crippen molar-refractivity contribution in [2.75, 3.05) is 0 Å². The van der Waals surface area contributed by atoms with Gasteiger partial charge in [0.05, 0.1) is 11.8 Å². The maximum atomic E-state index is 13.7. The quantitative estimate of drug-likeness (QED) is 0.294. The number of rotatable bonds is 7. The molecule has 0 bridgehead atoms. The van der Waals surface area contributed by atoms with E-state index in [1.54, 1.807) is 60.2 Å². The zero-order valence-corrected chi connectivity index (χ0v) is 25.5. The van der Waals surface area contributed by atoms with E-state index in [0.29, 0.717) is 0 Å². The molecule has 3 aliphatic rings. The minimum absolute atomic E-state index is 0.0958. The van der Waals surface area contributed by atoms with Gasteiger partial charge in [-0.3, -0.25) is 9.59 Å². The van der Waals surface area contributed by atoms with Crippen LogP contribution >= 0.6 is 11.8 Å². The number of esters is 2. The SMILES string of the molecule is CC1(C)O[C@@H]2[C@H]3OC(C)(C)O[C@H]3[C@H](OC(=O)C(C)(C)C)[C@@H](OC(=O)C[C@@H](Sc3ccccc3)c3ccccc3)[C@@H]2O1. The summed E-state index contributed by atoms with van der Waals surface area (Å²) in [6.07, 6.45) is -4.40. The van der Waals surface area contributed by atoms with Gasteiger partial charge in [0.1, 0.15) is 24.4 Å². The number of benzene rings is 2. The molecule has 1 aliphatic carbocycles. The molecule has 0 amide bonds. The summed E-state index contributed by atoms with van der Waals surface area (Å²) in [5.41, 5.74) is 0.221. The van der Waals surface area contributed by atoms with Crippen molar-refractivity contribution in [3.63, 3.8) is 0 Å². The fourth-order valence-electron chi connectivity index (χ4n) is 5.50. The van der Waals surface area contributed by atoms with Gasteiger partial charge < -0.3 is 28.4 Å². The highest BCUT2D eigenvalue weighted by atomic mass is 32.2. The molecule has 3 fully saturated rings.